The van der Waals surface area contributed by atoms with E-state index in [-0.39, 0.29) is 11.9 Å². The molecular formula is C12H18N4OS. The van der Waals surface area contributed by atoms with Gasteiger partial charge in [0.1, 0.15) is 0 Å². The molecule has 0 radical (unpaired) electrons. The number of imidazole rings is 1. The molecule has 0 spiro atoms. The van der Waals surface area contributed by atoms with E-state index in [1.54, 1.807) is 6.33 Å². The predicted molar refractivity (Wildman–Crippen MR) is 71.4 cm³/mol. The van der Waals surface area contributed by atoms with Crippen LogP contribution < -0.4 is 10.6 Å². The topological polar surface area (TPSA) is 69.8 Å². The van der Waals surface area contributed by atoms with Gasteiger partial charge in [0.05, 0.1) is 23.8 Å². The maximum Gasteiger partial charge on any atom is 0.237 e. The number of nitrogens with zero attached hydrogens (tertiary/aromatic N) is 1. The molecule has 5 nitrogen and oxygen atoms in total. The lowest BCUT2D eigenvalue weighted by Crippen LogP contribution is -2.51. The van der Waals surface area contributed by atoms with Gasteiger partial charge in [0.2, 0.25) is 5.91 Å². The zero-order chi connectivity index (χ0) is 12.4. The second-order valence-electron chi connectivity index (χ2n) is 4.86. The van der Waals surface area contributed by atoms with Crippen LogP contribution in [0.2, 0.25) is 0 Å². The highest BCUT2D eigenvalue weighted by Gasteiger charge is 2.27. The molecule has 1 saturated heterocycles. The molecule has 18 heavy (non-hydrogen) atoms. The molecule has 3 N–H and O–H groups in total. The largest absolute Gasteiger partial charge is 0.352 e. The van der Waals surface area contributed by atoms with Gasteiger partial charge in [0.15, 0.2) is 0 Å². The lowest BCUT2D eigenvalue weighted by atomic mass is 10.0. The number of amides is 1. The lowest BCUT2D eigenvalue weighted by Gasteiger charge is -2.27. The maximum atomic E-state index is 12.2. The Labute approximate surface area is 111 Å². The molecule has 1 atom stereocenters. The minimum atomic E-state index is -0.129. The van der Waals surface area contributed by atoms with Crippen molar-refractivity contribution < 1.29 is 4.79 Å². The summed E-state index contributed by atoms with van der Waals surface area (Å²) >= 11 is 1.97. The Kier molecular flexibility index (Phi) is 3.56. The van der Waals surface area contributed by atoms with E-state index in [9.17, 15) is 4.79 Å². The van der Waals surface area contributed by atoms with Crippen LogP contribution >= 0.6 is 11.8 Å². The number of thioether (sulfide) groups is 1. The molecule has 0 saturated carbocycles. The number of H-pyrrole nitrogens is 1. The summed E-state index contributed by atoms with van der Waals surface area (Å²) in [5.74, 6) is 2.44. The van der Waals surface area contributed by atoms with E-state index in [4.69, 9.17) is 0 Å². The summed E-state index contributed by atoms with van der Waals surface area (Å²) in [4.78, 5) is 19.5. The first-order valence-electron chi connectivity index (χ1n) is 6.45. The molecule has 0 aromatic carbocycles. The smallest absolute Gasteiger partial charge is 0.237 e. The molecule has 3 rings (SSSR count). The minimum Gasteiger partial charge on any atom is -0.352 e. The fraction of sp³-hybridized carbons (Fsp3) is 0.667. The van der Waals surface area contributed by atoms with Crippen LogP contribution in [0, 0.1) is 0 Å². The van der Waals surface area contributed by atoms with Gasteiger partial charge in [-0.05, 0) is 24.3 Å². The second kappa shape index (κ2) is 5.32. The third-order valence-electron chi connectivity index (χ3n) is 3.61. The molecule has 0 aliphatic carbocycles. The van der Waals surface area contributed by atoms with Gasteiger partial charge in [-0.2, -0.15) is 11.8 Å². The Balaban J connectivity index is 1.57. The van der Waals surface area contributed by atoms with Crippen LogP contribution in [0.5, 0.6) is 0 Å². The maximum absolute atomic E-state index is 12.2. The van der Waals surface area contributed by atoms with Crippen LogP contribution in [-0.2, 0) is 17.8 Å². The van der Waals surface area contributed by atoms with E-state index in [1.807, 2.05) is 11.8 Å². The number of nitrogens with one attached hydrogen (secondary N) is 3. The van der Waals surface area contributed by atoms with Crippen LogP contribution in [0.25, 0.3) is 0 Å². The number of fused-ring (bicyclic) bond motifs is 1. The van der Waals surface area contributed by atoms with E-state index in [2.05, 4.69) is 20.6 Å². The summed E-state index contributed by atoms with van der Waals surface area (Å²) in [5.41, 5.74) is 2.13. The Morgan fingerprint density at radius 3 is 3.11 bits per heavy atom. The number of carbonyl (C=O) groups is 1. The van der Waals surface area contributed by atoms with Crippen LogP contribution in [0.3, 0.4) is 0 Å². The number of hydrogen-bond acceptors (Lipinski definition) is 4. The van der Waals surface area contributed by atoms with E-state index in [0.29, 0.717) is 19.0 Å². The molecule has 1 aromatic heterocycles. The molecule has 3 heterocycles. The highest BCUT2D eigenvalue weighted by molar-refractivity contribution is 7.99. The van der Waals surface area contributed by atoms with E-state index in [1.165, 1.54) is 0 Å². The summed E-state index contributed by atoms with van der Waals surface area (Å²) in [6, 6.07) is 0.233. The number of aromatic nitrogens is 2. The Hall–Kier alpha value is -1.01. The van der Waals surface area contributed by atoms with Gasteiger partial charge >= 0.3 is 0 Å². The molecule has 2 aliphatic heterocycles. The molecule has 98 valence electrons. The van der Waals surface area contributed by atoms with Crippen molar-refractivity contribution in [3.63, 3.8) is 0 Å². The third kappa shape index (κ3) is 2.54. The van der Waals surface area contributed by atoms with Gasteiger partial charge in [-0.15, -0.1) is 0 Å². The Morgan fingerprint density at radius 1 is 1.44 bits per heavy atom. The normalized spacial score (nSPS) is 24.6. The summed E-state index contributed by atoms with van der Waals surface area (Å²) in [5, 5.41) is 6.42. The number of hydrogen-bond donors (Lipinski definition) is 3. The van der Waals surface area contributed by atoms with Gasteiger partial charge in [-0.25, -0.2) is 4.98 Å². The van der Waals surface area contributed by atoms with Crippen LogP contribution in [0.1, 0.15) is 24.2 Å². The van der Waals surface area contributed by atoms with Crippen molar-refractivity contribution in [1.82, 2.24) is 20.6 Å². The molecule has 6 heteroatoms. The first-order valence-corrected chi connectivity index (χ1v) is 7.61. The van der Waals surface area contributed by atoms with Gasteiger partial charge in [-0.3, -0.25) is 10.1 Å². The van der Waals surface area contributed by atoms with E-state index < -0.39 is 0 Å². The fourth-order valence-electron chi connectivity index (χ4n) is 2.50. The van der Waals surface area contributed by atoms with Crippen molar-refractivity contribution in [2.45, 2.75) is 37.9 Å². The van der Waals surface area contributed by atoms with Crippen molar-refractivity contribution in [1.29, 1.82) is 0 Å². The summed E-state index contributed by atoms with van der Waals surface area (Å²) in [6.07, 6.45) is 4.57. The SMILES string of the molecule is O=C(NC1CCSCC1)C1Cc2nc[nH]c2CN1. The third-order valence-corrected chi connectivity index (χ3v) is 4.66. The van der Waals surface area contributed by atoms with Gasteiger partial charge in [0, 0.05) is 19.0 Å². The zero-order valence-corrected chi connectivity index (χ0v) is 11.1. The van der Waals surface area contributed by atoms with Crippen molar-refractivity contribution in [2.75, 3.05) is 11.5 Å². The van der Waals surface area contributed by atoms with Gasteiger partial charge in [0.25, 0.3) is 0 Å². The molecule has 0 bridgehead atoms. The molecule has 1 unspecified atom stereocenters. The van der Waals surface area contributed by atoms with Crippen LogP contribution in [0.15, 0.2) is 6.33 Å². The second-order valence-corrected chi connectivity index (χ2v) is 6.09. The quantitative estimate of drug-likeness (QED) is 0.726. The van der Waals surface area contributed by atoms with E-state index >= 15 is 0 Å². The summed E-state index contributed by atoms with van der Waals surface area (Å²) < 4.78 is 0. The zero-order valence-electron chi connectivity index (χ0n) is 10.2. The fourth-order valence-corrected chi connectivity index (χ4v) is 3.60. The number of aromatic amines is 1. The van der Waals surface area contributed by atoms with Crippen molar-refractivity contribution in [2.24, 2.45) is 0 Å². The standard InChI is InChI=1S/C12H18N4OS/c17-12(16-8-1-3-18-4-2-8)10-5-9-11(6-13-10)15-7-14-9/h7-8,10,13H,1-6H2,(H,14,15)(H,16,17). The first-order chi connectivity index (χ1) is 8.83. The Morgan fingerprint density at radius 2 is 2.28 bits per heavy atom. The molecule has 2 aliphatic rings. The first kappa shape index (κ1) is 12.0. The van der Waals surface area contributed by atoms with Crippen LogP contribution in [-0.4, -0.2) is 39.5 Å². The average molecular weight is 266 g/mol. The summed E-state index contributed by atoms with van der Waals surface area (Å²) in [6.45, 7) is 0.702. The van der Waals surface area contributed by atoms with Crippen LogP contribution in [0.4, 0.5) is 0 Å². The predicted octanol–water partition coefficient (Wildman–Crippen LogP) is 0.436. The van der Waals surface area contributed by atoms with Crippen molar-refractivity contribution in [3.05, 3.63) is 17.7 Å². The van der Waals surface area contributed by atoms with Crippen molar-refractivity contribution in [3.8, 4) is 0 Å². The van der Waals surface area contributed by atoms with Gasteiger partial charge < -0.3 is 10.3 Å². The minimum absolute atomic E-state index is 0.126. The lowest BCUT2D eigenvalue weighted by molar-refractivity contribution is -0.124. The Bertz CT molecular complexity index is 427. The van der Waals surface area contributed by atoms with Gasteiger partial charge in [-0.1, -0.05) is 0 Å². The highest BCUT2D eigenvalue weighted by Crippen LogP contribution is 2.18. The average Bonchev–Trinajstić information content (AvgIpc) is 2.87. The molecule has 1 aromatic rings. The molecule has 1 fully saturated rings. The molecule has 1 amide bonds. The van der Waals surface area contributed by atoms with Crippen molar-refractivity contribution >= 4 is 17.7 Å². The van der Waals surface area contributed by atoms with E-state index in [0.717, 1.165) is 35.7 Å². The summed E-state index contributed by atoms with van der Waals surface area (Å²) in [7, 11) is 0. The highest BCUT2D eigenvalue weighted by atomic mass is 32.2. The number of carbonyl (C=O) groups excluding carboxylic acids is 1. The monoisotopic (exact) mass is 266 g/mol. The molecular weight excluding hydrogens is 248 g/mol. The number of rotatable bonds is 2.